The molecule has 0 aromatic heterocycles. The van der Waals surface area contributed by atoms with Crippen molar-refractivity contribution in [2.24, 2.45) is 0 Å². The topological polar surface area (TPSA) is 75.6 Å². The molecule has 0 spiro atoms. The fourth-order valence-electron chi connectivity index (χ4n) is 2.26. The number of aliphatic hydroxyl groups excluding tert-OH is 1. The molecular formula is C19H21NO4. The number of hydrogen-bond donors (Lipinski definition) is 2. The Morgan fingerprint density at radius 1 is 1.08 bits per heavy atom. The summed E-state index contributed by atoms with van der Waals surface area (Å²) in [5, 5.41) is 11.8. The molecule has 0 bridgehead atoms. The second-order valence-corrected chi connectivity index (χ2v) is 5.71. The molecule has 24 heavy (non-hydrogen) atoms. The predicted molar refractivity (Wildman–Crippen MR) is 92.0 cm³/mol. The SMILES string of the molecule is COC(=O)c1cc(C(=O)N[C@@H](C)CO)cc(-c2ccc(C)cc2)c1. The number of carbonyl (C=O) groups excluding carboxylic acids is 2. The molecule has 0 aliphatic heterocycles. The highest BCUT2D eigenvalue weighted by Crippen LogP contribution is 2.23. The first kappa shape index (κ1) is 17.7. The molecule has 0 aliphatic rings. The van der Waals surface area contributed by atoms with Crippen molar-refractivity contribution >= 4 is 11.9 Å². The Labute approximate surface area is 141 Å². The van der Waals surface area contributed by atoms with Gasteiger partial charge >= 0.3 is 5.97 Å². The predicted octanol–water partition coefficient (Wildman–Crippen LogP) is 2.56. The fraction of sp³-hybridized carbons (Fsp3) is 0.263. The molecule has 1 amide bonds. The molecule has 0 unspecified atom stereocenters. The third-order valence-electron chi connectivity index (χ3n) is 3.65. The number of amides is 1. The summed E-state index contributed by atoms with van der Waals surface area (Å²) in [6.45, 7) is 3.53. The molecule has 5 heteroatoms. The lowest BCUT2D eigenvalue weighted by atomic mass is 9.98. The van der Waals surface area contributed by atoms with Gasteiger partial charge in [0.25, 0.3) is 5.91 Å². The van der Waals surface area contributed by atoms with Gasteiger partial charge in [-0.2, -0.15) is 0 Å². The van der Waals surface area contributed by atoms with Crippen LogP contribution < -0.4 is 5.32 Å². The fourth-order valence-corrected chi connectivity index (χ4v) is 2.26. The van der Waals surface area contributed by atoms with E-state index < -0.39 is 5.97 Å². The minimum absolute atomic E-state index is 0.159. The maximum Gasteiger partial charge on any atom is 0.337 e. The first-order chi connectivity index (χ1) is 11.4. The standard InChI is InChI=1S/C19H21NO4/c1-12-4-6-14(7-5-12)15-8-16(18(22)20-13(2)11-21)10-17(9-15)19(23)24-3/h4-10,13,21H,11H2,1-3H3,(H,20,22)/t13-/m0/s1. The van der Waals surface area contributed by atoms with Gasteiger partial charge in [0.05, 0.1) is 19.3 Å². The van der Waals surface area contributed by atoms with Crippen LogP contribution in [-0.4, -0.2) is 36.7 Å². The molecule has 0 radical (unpaired) electrons. The average Bonchev–Trinajstić information content (AvgIpc) is 2.60. The van der Waals surface area contributed by atoms with Crippen molar-refractivity contribution in [1.82, 2.24) is 5.32 Å². The number of aliphatic hydroxyl groups is 1. The monoisotopic (exact) mass is 327 g/mol. The van der Waals surface area contributed by atoms with Crippen molar-refractivity contribution in [2.75, 3.05) is 13.7 Å². The summed E-state index contributed by atoms with van der Waals surface area (Å²) < 4.78 is 4.77. The van der Waals surface area contributed by atoms with Crippen LogP contribution in [0.4, 0.5) is 0 Å². The van der Waals surface area contributed by atoms with E-state index in [-0.39, 0.29) is 18.6 Å². The third-order valence-corrected chi connectivity index (χ3v) is 3.65. The van der Waals surface area contributed by atoms with Gasteiger partial charge in [0.2, 0.25) is 0 Å². The molecule has 2 N–H and O–H groups in total. The number of methoxy groups -OCH3 is 1. The summed E-state index contributed by atoms with van der Waals surface area (Å²) >= 11 is 0. The third kappa shape index (κ3) is 4.20. The first-order valence-electron chi connectivity index (χ1n) is 7.66. The van der Waals surface area contributed by atoms with Crippen LogP contribution in [0.25, 0.3) is 11.1 Å². The molecule has 1 atom stereocenters. The van der Waals surface area contributed by atoms with E-state index >= 15 is 0 Å². The van der Waals surface area contributed by atoms with Crippen molar-refractivity contribution in [3.63, 3.8) is 0 Å². The van der Waals surface area contributed by atoms with Crippen molar-refractivity contribution in [3.8, 4) is 11.1 Å². The number of aryl methyl sites for hydroxylation is 1. The molecule has 0 saturated carbocycles. The minimum atomic E-state index is -0.506. The zero-order chi connectivity index (χ0) is 17.7. The van der Waals surface area contributed by atoms with Gasteiger partial charge in [-0.25, -0.2) is 4.79 Å². The Bertz CT molecular complexity index is 738. The first-order valence-corrected chi connectivity index (χ1v) is 7.66. The van der Waals surface area contributed by atoms with Crippen LogP contribution >= 0.6 is 0 Å². The van der Waals surface area contributed by atoms with Crippen molar-refractivity contribution < 1.29 is 19.4 Å². The molecule has 2 rings (SSSR count). The summed E-state index contributed by atoms with van der Waals surface area (Å²) in [5.74, 6) is -0.858. The lowest BCUT2D eigenvalue weighted by Crippen LogP contribution is -2.35. The van der Waals surface area contributed by atoms with Crippen LogP contribution in [0.5, 0.6) is 0 Å². The van der Waals surface area contributed by atoms with E-state index in [2.05, 4.69) is 5.32 Å². The number of benzene rings is 2. The number of hydrogen-bond acceptors (Lipinski definition) is 4. The van der Waals surface area contributed by atoms with Gasteiger partial charge in [0.1, 0.15) is 0 Å². The van der Waals surface area contributed by atoms with Gasteiger partial charge in [0.15, 0.2) is 0 Å². The van der Waals surface area contributed by atoms with Crippen molar-refractivity contribution in [3.05, 3.63) is 59.2 Å². The van der Waals surface area contributed by atoms with Gasteiger partial charge < -0.3 is 15.2 Å². The Balaban J connectivity index is 2.47. The van der Waals surface area contributed by atoms with Gasteiger partial charge in [-0.3, -0.25) is 4.79 Å². The van der Waals surface area contributed by atoms with E-state index in [9.17, 15) is 9.59 Å². The van der Waals surface area contributed by atoms with Gasteiger partial charge in [-0.1, -0.05) is 29.8 Å². The van der Waals surface area contributed by atoms with E-state index in [4.69, 9.17) is 9.84 Å². The summed E-state index contributed by atoms with van der Waals surface area (Å²) in [4.78, 5) is 24.3. The Kier molecular flexibility index (Phi) is 5.71. The number of ether oxygens (including phenoxy) is 1. The average molecular weight is 327 g/mol. The van der Waals surface area contributed by atoms with E-state index in [0.717, 1.165) is 16.7 Å². The zero-order valence-corrected chi connectivity index (χ0v) is 14.0. The molecule has 2 aromatic rings. The number of rotatable bonds is 5. The van der Waals surface area contributed by atoms with Crippen LogP contribution in [0.15, 0.2) is 42.5 Å². The van der Waals surface area contributed by atoms with Crippen LogP contribution in [0.1, 0.15) is 33.2 Å². The highest BCUT2D eigenvalue weighted by atomic mass is 16.5. The molecular weight excluding hydrogens is 306 g/mol. The highest BCUT2D eigenvalue weighted by Gasteiger charge is 2.15. The van der Waals surface area contributed by atoms with Crippen LogP contribution in [-0.2, 0) is 4.74 Å². The molecule has 2 aromatic carbocycles. The smallest absolute Gasteiger partial charge is 0.337 e. The molecule has 0 saturated heterocycles. The maximum atomic E-state index is 12.3. The van der Waals surface area contributed by atoms with Gasteiger partial charge in [-0.05, 0) is 43.2 Å². The molecule has 0 fully saturated rings. The second kappa shape index (κ2) is 7.75. The van der Waals surface area contributed by atoms with E-state index in [0.29, 0.717) is 11.1 Å². The zero-order valence-electron chi connectivity index (χ0n) is 14.0. The van der Waals surface area contributed by atoms with Crippen LogP contribution in [0.3, 0.4) is 0 Å². The molecule has 5 nitrogen and oxygen atoms in total. The van der Waals surface area contributed by atoms with Crippen LogP contribution in [0.2, 0.25) is 0 Å². The Hall–Kier alpha value is -2.66. The summed E-state index contributed by atoms with van der Waals surface area (Å²) in [5.41, 5.74) is 3.42. The number of nitrogens with one attached hydrogen (secondary N) is 1. The molecule has 126 valence electrons. The quantitative estimate of drug-likeness (QED) is 0.828. The summed E-state index contributed by atoms with van der Waals surface area (Å²) in [7, 11) is 1.30. The highest BCUT2D eigenvalue weighted by molar-refractivity contribution is 6.00. The molecule has 0 aliphatic carbocycles. The normalized spacial score (nSPS) is 11.7. The van der Waals surface area contributed by atoms with Crippen molar-refractivity contribution in [1.29, 1.82) is 0 Å². The van der Waals surface area contributed by atoms with Gasteiger partial charge in [-0.15, -0.1) is 0 Å². The Morgan fingerprint density at radius 3 is 2.29 bits per heavy atom. The van der Waals surface area contributed by atoms with E-state index in [1.807, 2.05) is 31.2 Å². The lowest BCUT2D eigenvalue weighted by molar-refractivity contribution is 0.0600. The lowest BCUT2D eigenvalue weighted by Gasteiger charge is -2.13. The van der Waals surface area contributed by atoms with Crippen LogP contribution in [0, 0.1) is 6.92 Å². The van der Waals surface area contributed by atoms with E-state index in [1.165, 1.54) is 13.2 Å². The number of esters is 1. The summed E-state index contributed by atoms with van der Waals surface area (Å²) in [6, 6.07) is 12.3. The second-order valence-electron chi connectivity index (χ2n) is 5.71. The molecule has 0 heterocycles. The Morgan fingerprint density at radius 2 is 1.71 bits per heavy atom. The number of carbonyl (C=O) groups is 2. The summed E-state index contributed by atoms with van der Waals surface area (Å²) in [6.07, 6.45) is 0. The minimum Gasteiger partial charge on any atom is -0.465 e. The van der Waals surface area contributed by atoms with E-state index in [1.54, 1.807) is 19.1 Å². The van der Waals surface area contributed by atoms with Gasteiger partial charge in [0, 0.05) is 11.6 Å². The van der Waals surface area contributed by atoms with Crippen molar-refractivity contribution in [2.45, 2.75) is 19.9 Å². The maximum absolute atomic E-state index is 12.3. The largest absolute Gasteiger partial charge is 0.465 e.